The molecule has 2 atom stereocenters. The second-order valence-corrected chi connectivity index (χ2v) is 10.7. The molecule has 10 heteroatoms. The van der Waals surface area contributed by atoms with Gasteiger partial charge in [0.1, 0.15) is 11.5 Å². The Hall–Kier alpha value is -2.23. The molecule has 2 aromatic rings. The Morgan fingerprint density at radius 1 is 1.20 bits per heavy atom. The average Bonchev–Trinajstić information content (AvgIpc) is 3.18. The quantitative estimate of drug-likeness (QED) is 0.669. The van der Waals surface area contributed by atoms with Gasteiger partial charge >= 0.3 is 0 Å². The number of anilines is 1. The maximum Gasteiger partial charge on any atom is 0.285 e. The molecular formula is C20H19ClN2O5S2. The van der Waals surface area contributed by atoms with Crippen LogP contribution in [0.4, 0.5) is 5.69 Å². The van der Waals surface area contributed by atoms with Gasteiger partial charge in [0.05, 0.1) is 24.7 Å². The first-order valence-corrected chi connectivity index (χ1v) is 12.2. The van der Waals surface area contributed by atoms with Crippen molar-refractivity contribution in [3.05, 3.63) is 53.6 Å². The average molecular weight is 467 g/mol. The highest BCUT2D eigenvalue weighted by atomic mass is 35.5. The molecule has 0 aromatic heterocycles. The van der Waals surface area contributed by atoms with E-state index in [1.807, 2.05) is 17.0 Å². The highest BCUT2D eigenvalue weighted by molar-refractivity contribution is 8.16. The van der Waals surface area contributed by atoms with Gasteiger partial charge in [-0.15, -0.1) is 0 Å². The molecule has 30 heavy (non-hydrogen) atoms. The third kappa shape index (κ3) is 4.58. The van der Waals surface area contributed by atoms with E-state index < -0.39 is 15.7 Å². The predicted molar refractivity (Wildman–Crippen MR) is 119 cm³/mol. The number of benzene rings is 2. The summed E-state index contributed by atoms with van der Waals surface area (Å²) < 4.78 is 35.1. The van der Waals surface area contributed by atoms with Crippen molar-refractivity contribution in [2.24, 2.45) is 4.99 Å². The third-order valence-corrected chi connectivity index (χ3v) is 8.26. The second kappa shape index (κ2) is 8.49. The summed E-state index contributed by atoms with van der Waals surface area (Å²) in [7, 11) is -1.57. The highest BCUT2D eigenvalue weighted by Crippen LogP contribution is 2.41. The first-order valence-electron chi connectivity index (χ1n) is 9.15. The van der Waals surface area contributed by atoms with Crippen molar-refractivity contribution in [1.29, 1.82) is 0 Å². The number of ether oxygens (including phenoxy) is 2. The molecule has 2 fully saturated rings. The fourth-order valence-electron chi connectivity index (χ4n) is 3.44. The highest BCUT2D eigenvalue weighted by Gasteiger charge is 2.49. The van der Waals surface area contributed by atoms with E-state index in [1.54, 1.807) is 43.5 Å². The maximum absolute atomic E-state index is 12.5. The summed E-state index contributed by atoms with van der Waals surface area (Å²) in [5, 5.41) is 0.870. The molecule has 0 N–H and O–H groups in total. The summed E-state index contributed by atoms with van der Waals surface area (Å²) in [5.41, 5.74) is 0.733. The monoisotopic (exact) mass is 466 g/mol. The number of carbonyl (C=O) groups is 1. The van der Waals surface area contributed by atoms with Crippen molar-refractivity contribution < 1.29 is 22.7 Å². The zero-order valence-corrected chi connectivity index (χ0v) is 18.4. The van der Waals surface area contributed by atoms with Crippen molar-refractivity contribution in [2.45, 2.75) is 11.3 Å². The van der Waals surface area contributed by atoms with Crippen LogP contribution in [0.5, 0.6) is 11.5 Å². The number of aliphatic imine (C=N–C) groups is 1. The van der Waals surface area contributed by atoms with Gasteiger partial charge in [-0.25, -0.2) is 8.42 Å². The molecule has 2 aliphatic rings. The standard InChI is InChI=1S/C20H19ClN2O5S2/c1-27-16-4-2-3-14(9-16)23-17-11-30(25,26)12-18(17)29-20(23)22-19(24)10-28-15-7-5-13(21)6-8-15/h2-9,17-18H,10-12H2,1H3. The van der Waals surface area contributed by atoms with Crippen LogP contribution >= 0.6 is 23.4 Å². The predicted octanol–water partition coefficient (Wildman–Crippen LogP) is 3.03. The van der Waals surface area contributed by atoms with Gasteiger partial charge in [-0.05, 0) is 36.4 Å². The Bertz CT molecular complexity index is 1090. The van der Waals surface area contributed by atoms with Crippen LogP contribution in [0.15, 0.2) is 53.5 Å². The number of thioether (sulfide) groups is 1. The number of nitrogens with zero attached hydrogens (tertiary/aromatic N) is 2. The minimum atomic E-state index is -3.13. The number of rotatable bonds is 5. The molecule has 2 heterocycles. The molecule has 158 valence electrons. The van der Waals surface area contributed by atoms with E-state index >= 15 is 0 Å². The minimum absolute atomic E-state index is 0.0242. The first-order chi connectivity index (χ1) is 14.3. The number of halogens is 1. The fraction of sp³-hybridized carbons (Fsp3) is 0.300. The van der Waals surface area contributed by atoms with E-state index in [0.717, 1.165) is 5.69 Å². The zero-order valence-electron chi connectivity index (χ0n) is 16.0. The molecule has 4 rings (SSSR count). The van der Waals surface area contributed by atoms with E-state index in [1.165, 1.54) is 11.8 Å². The van der Waals surface area contributed by atoms with Gasteiger partial charge in [0.25, 0.3) is 5.91 Å². The van der Waals surface area contributed by atoms with Crippen LogP contribution in [0.3, 0.4) is 0 Å². The first kappa shape index (κ1) is 21.0. The van der Waals surface area contributed by atoms with E-state index in [4.69, 9.17) is 21.1 Å². The lowest BCUT2D eigenvalue weighted by Crippen LogP contribution is -2.37. The summed E-state index contributed by atoms with van der Waals surface area (Å²) in [5.74, 6) is 0.787. The van der Waals surface area contributed by atoms with E-state index in [9.17, 15) is 13.2 Å². The van der Waals surface area contributed by atoms with Gasteiger partial charge in [-0.2, -0.15) is 4.99 Å². The Morgan fingerprint density at radius 2 is 1.97 bits per heavy atom. The lowest BCUT2D eigenvalue weighted by molar-refractivity contribution is -0.119. The molecule has 0 bridgehead atoms. The number of sulfone groups is 1. The van der Waals surface area contributed by atoms with Crippen LogP contribution < -0.4 is 14.4 Å². The summed E-state index contributed by atoms with van der Waals surface area (Å²) in [6.07, 6.45) is 0. The number of hydrogen-bond acceptors (Lipinski definition) is 6. The molecule has 0 aliphatic carbocycles. The smallest absolute Gasteiger partial charge is 0.285 e. The topological polar surface area (TPSA) is 85.3 Å². The molecule has 2 saturated heterocycles. The van der Waals surface area contributed by atoms with Crippen LogP contribution in [0.2, 0.25) is 5.02 Å². The summed E-state index contributed by atoms with van der Waals surface area (Å²) in [6, 6.07) is 13.7. The molecule has 0 radical (unpaired) electrons. The molecule has 7 nitrogen and oxygen atoms in total. The van der Waals surface area contributed by atoms with Crippen molar-refractivity contribution >= 4 is 50.0 Å². The molecule has 0 spiro atoms. The fourth-order valence-corrected chi connectivity index (χ4v) is 7.50. The van der Waals surface area contributed by atoms with E-state index in [-0.39, 0.29) is 29.4 Å². The van der Waals surface area contributed by atoms with E-state index in [0.29, 0.717) is 21.7 Å². The number of fused-ring (bicyclic) bond motifs is 1. The molecule has 2 aliphatic heterocycles. The number of carbonyl (C=O) groups excluding carboxylic acids is 1. The van der Waals surface area contributed by atoms with Crippen molar-refractivity contribution in [3.8, 4) is 11.5 Å². The number of hydrogen-bond donors (Lipinski definition) is 0. The molecule has 0 saturated carbocycles. The van der Waals surface area contributed by atoms with Crippen LogP contribution in [-0.4, -0.2) is 56.0 Å². The Kier molecular flexibility index (Phi) is 5.95. The molecule has 2 unspecified atom stereocenters. The zero-order chi connectivity index (χ0) is 21.3. The largest absolute Gasteiger partial charge is 0.497 e. The van der Waals surface area contributed by atoms with Crippen LogP contribution in [0.25, 0.3) is 0 Å². The van der Waals surface area contributed by atoms with Crippen LogP contribution in [0.1, 0.15) is 0 Å². The van der Waals surface area contributed by atoms with Gasteiger partial charge < -0.3 is 14.4 Å². The van der Waals surface area contributed by atoms with Crippen LogP contribution in [-0.2, 0) is 14.6 Å². The van der Waals surface area contributed by atoms with Gasteiger partial charge in [0, 0.05) is 22.0 Å². The van der Waals surface area contributed by atoms with E-state index in [2.05, 4.69) is 4.99 Å². The number of amides is 1. The number of amidine groups is 1. The molecule has 1 amide bonds. The lowest BCUT2D eigenvalue weighted by atomic mass is 10.2. The third-order valence-electron chi connectivity index (χ3n) is 4.79. The number of methoxy groups -OCH3 is 1. The van der Waals surface area contributed by atoms with Gasteiger partial charge in [-0.1, -0.05) is 29.4 Å². The Morgan fingerprint density at radius 3 is 2.70 bits per heavy atom. The van der Waals surface area contributed by atoms with Crippen molar-refractivity contribution in [1.82, 2.24) is 0 Å². The van der Waals surface area contributed by atoms with Gasteiger partial charge in [0.2, 0.25) is 0 Å². The van der Waals surface area contributed by atoms with Crippen LogP contribution in [0, 0.1) is 0 Å². The minimum Gasteiger partial charge on any atom is -0.497 e. The maximum atomic E-state index is 12.5. The normalized spacial score (nSPS) is 23.4. The lowest BCUT2D eigenvalue weighted by Gasteiger charge is -2.24. The van der Waals surface area contributed by atoms with Crippen molar-refractivity contribution in [2.75, 3.05) is 30.1 Å². The molecule has 2 aromatic carbocycles. The summed E-state index contributed by atoms with van der Waals surface area (Å²) >= 11 is 7.16. The Labute approximate surface area is 183 Å². The summed E-state index contributed by atoms with van der Waals surface area (Å²) in [4.78, 5) is 18.5. The van der Waals surface area contributed by atoms with Crippen molar-refractivity contribution in [3.63, 3.8) is 0 Å². The second-order valence-electron chi connectivity index (χ2n) is 6.90. The van der Waals surface area contributed by atoms with Gasteiger partial charge in [0.15, 0.2) is 21.6 Å². The molecular weight excluding hydrogens is 448 g/mol. The Balaban J connectivity index is 1.57. The SMILES string of the molecule is COc1cccc(N2C(=NC(=O)COc3ccc(Cl)cc3)SC3CS(=O)(=O)CC32)c1. The van der Waals surface area contributed by atoms with Gasteiger partial charge in [-0.3, -0.25) is 4.79 Å². The summed E-state index contributed by atoms with van der Waals surface area (Å²) in [6.45, 7) is -0.231.